The summed E-state index contributed by atoms with van der Waals surface area (Å²) >= 11 is 3.38. The number of hydrogen-bond donors (Lipinski definition) is 0. The van der Waals surface area contributed by atoms with Gasteiger partial charge < -0.3 is 14.4 Å². The molecule has 0 N–H and O–H groups in total. The number of anilines is 1. The van der Waals surface area contributed by atoms with E-state index in [4.69, 9.17) is 0 Å². The fraction of sp³-hybridized carbons (Fsp3) is 0.296. The number of rotatable bonds is 5. The first-order valence-corrected chi connectivity index (χ1v) is 12.5. The van der Waals surface area contributed by atoms with Crippen molar-refractivity contribution in [1.82, 2.24) is 9.47 Å². The number of benzene rings is 2. The Labute approximate surface area is 210 Å². The molecule has 1 aliphatic heterocycles. The normalized spacial score (nSPS) is 16.3. The van der Waals surface area contributed by atoms with Gasteiger partial charge in [-0.25, -0.2) is 4.39 Å². The van der Waals surface area contributed by atoms with E-state index in [-0.39, 0.29) is 22.9 Å². The number of piperazine rings is 1. The largest absolute Gasteiger partial charge is 0.366 e. The van der Waals surface area contributed by atoms with Gasteiger partial charge in [0.05, 0.1) is 16.8 Å². The molecule has 0 unspecified atom stereocenters. The number of hydrogen-bond acceptors (Lipinski definition) is 4. The molecule has 2 aliphatic rings. The minimum absolute atomic E-state index is 0.0117. The second-order valence-corrected chi connectivity index (χ2v) is 9.99. The molecule has 6 nitrogen and oxygen atoms in total. The van der Waals surface area contributed by atoms with Gasteiger partial charge in [0.2, 0.25) is 11.3 Å². The van der Waals surface area contributed by atoms with Gasteiger partial charge in [-0.1, -0.05) is 34.1 Å². The van der Waals surface area contributed by atoms with Crippen LogP contribution >= 0.6 is 15.9 Å². The summed E-state index contributed by atoms with van der Waals surface area (Å²) in [5, 5.41) is 0.211. The summed E-state index contributed by atoms with van der Waals surface area (Å²) in [6.45, 7) is 3.63. The first-order chi connectivity index (χ1) is 16.8. The van der Waals surface area contributed by atoms with Gasteiger partial charge in [0.15, 0.2) is 5.78 Å². The molecule has 0 spiro atoms. The van der Waals surface area contributed by atoms with Crippen molar-refractivity contribution < 1.29 is 14.0 Å². The Balaban J connectivity index is 1.51. The lowest BCUT2D eigenvalue weighted by Gasteiger charge is -2.36. The molecule has 1 saturated carbocycles. The van der Waals surface area contributed by atoms with Crippen molar-refractivity contribution >= 4 is 50.3 Å². The number of carbonyl (C=O) groups excluding carboxylic acids is 2. The number of amides is 1. The van der Waals surface area contributed by atoms with E-state index in [1.165, 1.54) is 19.1 Å². The quantitative estimate of drug-likeness (QED) is 0.346. The first kappa shape index (κ1) is 23.5. The van der Waals surface area contributed by atoms with Crippen molar-refractivity contribution in [2.24, 2.45) is 0 Å². The highest BCUT2D eigenvalue weighted by Crippen LogP contribution is 2.38. The van der Waals surface area contributed by atoms with Gasteiger partial charge in [-0.05, 0) is 48.7 Å². The molecule has 180 valence electrons. The van der Waals surface area contributed by atoms with Crippen LogP contribution in [0.4, 0.5) is 10.1 Å². The minimum Gasteiger partial charge on any atom is -0.366 e. The number of aromatic nitrogens is 1. The molecule has 2 heterocycles. The van der Waals surface area contributed by atoms with Crippen LogP contribution in [-0.4, -0.2) is 47.3 Å². The highest BCUT2D eigenvalue weighted by Gasteiger charge is 2.28. The Bertz CT molecular complexity index is 1400. The van der Waals surface area contributed by atoms with Crippen LogP contribution in [0.15, 0.2) is 57.9 Å². The number of halogens is 2. The van der Waals surface area contributed by atoms with Gasteiger partial charge in [0, 0.05) is 55.2 Å². The van der Waals surface area contributed by atoms with Crippen molar-refractivity contribution in [3.8, 4) is 0 Å². The minimum atomic E-state index is -0.497. The van der Waals surface area contributed by atoms with Gasteiger partial charge in [-0.15, -0.1) is 0 Å². The third-order valence-corrected chi connectivity index (χ3v) is 7.20. The standard InChI is InChI=1S/C27H25BrFN3O3/c1-17(33)30-10-12-31(13-11-30)25-15-24-21(14-23(25)29)27(35)22(16-32(24)20-7-8-20)26(34)9-4-18-2-5-19(28)6-3-18/h2-6,9,14-16,20H,7-8,10-13H2,1H3. The van der Waals surface area contributed by atoms with Gasteiger partial charge in [0.25, 0.3) is 0 Å². The molecule has 0 radical (unpaired) electrons. The number of allylic oxidation sites excluding steroid dienone is 1. The summed E-state index contributed by atoms with van der Waals surface area (Å²) in [7, 11) is 0. The van der Waals surface area contributed by atoms with Crippen LogP contribution < -0.4 is 10.3 Å². The fourth-order valence-electron chi connectivity index (χ4n) is 4.53. The van der Waals surface area contributed by atoms with Gasteiger partial charge >= 0.3 is 0 Å². The monoisotopic (exact) mass is 537 g/mol. The average Bonchev–Trinajstić information content (AvgIpc) is 3.69. The SMILES string of the molecule is CC(=O)N1CCN(c2cc3c(cc2F)c(=O)c(C(=O)C=Cc2ccc(Br)cc2)cn3C2CC2)CC1. The molecule has 2 fully saturated rings. The maximum absolute atomic E-state index is 15.2. The van der Waals surface area contributed by atoms with Gasteiger partial charge in [0.1, 0.15) is 5.82 Å². The van der Waals surface area contributed by atoms with Crippen molar-refractivity contribution in [1.29, 1.82) is 0 Å². The number of pyridine rings is 1. The number of nitrogens with zero attached hydrogens (tertiary/aromatic N) is 3. The molecule has 1 aromatic heterocycles. The molecular formula is C27H25BrFN3O3. The van der Waals surface area contributed by atoms with Crippen molar-refractivity contribution in [2.75, 3.05) is 31.1 Å². The molecule has 2 aromatic carbocycles. The smallest absolute Gasteiger partial charge is 0.219 e. The van der Waals surface area contributed by atoms with E-state index < -0.39 is 17.0 Å². The zero-order chi connectivity index (χ0) is 24.7. The van der Waals surface area contributed by atoms with Crippen LogP contribution in [-0.2, 0) is 4.79 Å². The molecule has 3 aromatic rings. The lowest BCUT2D eigenvalue weighted by molar-refractivity contribution is -0.129. The topological polar surface area (TPSA) is 62.6 Å². The van der Waals surface area contributed by atoms with E-state index in [2.05, 4.69) is 15.9 Å². The fourth-order valence-corrected chi connectivity index (χ4v) is 4.79. The Morgan fingerprint density at radius 3 is 2.37 bits per heavy atom. The van der Waals surface area contributed by atoms with Crippen LogP contribution in [0.1, 0.15) is 41.7 Å². The van der Waals surface area contributed by atoms with Crippen LogP contribution in [0.2, 0.25) is 0 Å². The maximum Gasteiger partial charge on any atom is 0.219 e. The number of ketones is 1. The van der Waals surface area contributed by atoms with Crippen LogP contribution in [0.5, 0.6) is 0 Å². The number of fused-ring (bicyclic) bond motifs is 1. The summed E-state index contributed by atoms with van der Waals surface area (Å²) in [5.74, 6) is -0.889. The van der Waals surface area contributed by atoms with Crippen LogP contribution in [0.25, 0.3) is 17.0 Å². The third kappa shape index (κ3) is 4.80. The van der Waals surface area contributed by atoms with Crippen molar-refractivity contribution in [3.05, 3.63) is 80.3 Å². The molecule has 8 heteroatoms. The molecule has 1 amide bonds. The molecule has 0 atom stereocenters. The van der Waals surface area contributed by atoms with Crippen molar-refractivity contribution in [3.63, 3.8) is 0 Å². The average molecular weight is 538 g/mol. The van der Waals surface area contributed by atoms with E-state index in [0.717, 1.165) is 22.9 Å². The first-order valence-electron chi connectivity index (χ1n) is 11.7. The number of carbonyl (C=O) groups is 2. The van der Waals surface area contributed by atoms with E-state index in [9.17, 15) is 14.4 Å². The zero-order valence-corrected chi connectivity index (χ0v) is 20.9. The Morgan fingerprint density at radius 1 is 1.06 bits per heavy atom. The predicted octanol–water partition coefficient (Wildman–Crippen LogP) is 4.80. The Hall–Kier alpha value is -3.26. The summed E-state index contributed by atoms with van der Waals surface area (Å²) < 4.78 is 18.1. The molecule has 1 saturated heterocycles. The lowest BCUT2D eigenvalue weighted by atomic mass is 10.1. The van der Waals surface area contributed by atoms with Gasteiger partial charge in [-0.2, -0.15) is 0 Å². The highest BCUT2D eigenvalue weighted by atomic mass is 79.9. The highest BCUT2D eigenvalue weighted by molar-refractivity contribution is 9.10. The van der Waals surface area contributed by atoms with Crippen molar-refractivity contribution in [2.45, 2.75) is 25.8 Å². The third-order valence-electron chi connectivity index (χ3n) is 6.67. The van der Waals surface area contributed by atoms with Crippen LogP contribution in [0.3, 0.4) is 0 Å². The molecular weight excluding hydrogens is 513 g/mol. The summed E-state index contributed by atoms with van der Waals surface area (Å²) in [4.78, 5) is 41.6. The predicted molar refractivity (Wildman–Crippen MR) is 138 cm³/mol. The second-order valence-electron chi connectivity index (χ2n) is 9.07. The Kier molecular flexibility index (Phi) is 6.32. The molecule has 0 bridgehead atoms. The molecule has 1 aliphatic carbocycles. The zero-order valence-electron chi connectivity index (χ0n) is 19.3. The summed E-state index contributed by atoms with van der Waals surface area (Å²) in [5.41, 5.74) is 1.47. The van der Waals surface area contributed by atoms with E-state index in [0.29, 0.717) is 37.4 Å². The molecule has 5 rings (SSSR count). The summed E-state index contributed by atoms with van der Waals surface area (Å²) in [6, 6.07) is 10.7. The maximum atomic E-state index is 15.2. The van der Waals surface area contributed by atoms with E-state index in [1.54, 1.807) is 23.2 Å². The van der Waals surface area contributed by atoms with E-state index in [1.807, 2.05) is 33.7 Å². The molecule has 35 heavy (non-hydrogen) atoms. The van der Waals surface area contributed by atoms with E-state index >= 15 is 4.39 Å². The lowest BCUT2D eigenvalue weighted by Crippen LogP contribution is -2.48. The summed E-state index contributed by atoms with van der Waals surface area (Å²) in [6.07, 6.45) is 6.59. The van der Waals surface area contributed by atoms with Crippen LogP contribution in [0, 0.1) is 5.82 Å². The Morgan fingerprint density at radius 2 is 1.74 bits per heavy atom. The van der Waals surface area contributed by atoms with Gasteiger partial charge in [-0.3, -0.25) is 14.4 Å². The second kappa shape index (κ2) is 9.41.